The smallest absolute Gasteiger partial charge is 0.0991 e. The van der Waals surface area contributed by atoms with Crippen LogP contribution in [0.4, 0.5) is 0 Å². The Balaban J connectivity index is 2.42. The van der Waals surface area contributed by atoms with Crippen LogP contribution >= 0.6 is 0 Å². The van der Waals surface area contributed by atoms with Crippen molar-refractivity contribution in [2.75, 3.05) is 6.54 Å². The van der Waals surface area contributed by atoms with Crippen molar-refractivity contribution < 1.29 is 5.11 Å². The lowest BCUT2D eigenvalue weighted by Gasteiger charge is -2.17. The molecular weight excluding hydrogens is 188 g/mol. The first-order chi connectivity index (χ1) is 7.01. The van der Waals surface area contributed by atoms with Gasteiger partial charge in [0.1, 0.15) is 0 Å². The van der Waals surface area contributed by atoms with Crippen molar-refractivity contribution in [1.82, 2.24) is 5.32 Å². The lowest BCUT2D eigenvalue weighted by atomic mass is 10.1. The van der Waals surface area contributed by atoms with Crippen molar-refractivity contribution in [2.45, 2.75) is 26.0 Å². The maximum atomic E-state index is 9.47. The molecule has 0 aliphatic carbocycles. The van der Waals surface area contributed by atoms with Gasteiger partial charge in [0.05, 0.1) is 17.2 Å². The Labute approximate surface area is 90.4 Å². The van der Waals surface area contributed by atoms with E-state index in [-0.39, 0.29) is 0 Å². The zero-order chi connectivity index (χ0) is 11.3. The highest BCUT2D eigenvalue weighted by atomic mass is 16.3. The van der Waals surface area contributed by atoms with Gasteiger partial charge in [-0.15, -0.1) is 0 Å². The van der Waals surface area contributed by atoms with Crippen molar-refractivity contribution >= 4 is 0 Å². The Morgan fingerprint density at radius 3 is 2.40 bits per heavy atom. The summed E-state index contributed by atoms with van der Waals surface area (Å²) in [7, 11) is 0. The molecule has 0 amide bonds. The molecule has 1 aromatic rings. The molecule has 0 fully saturated rings. The Bertz CT molecular complexity index is 343. The van der Waals surface area contributed by atoms with Crippen LogP contribution in [0.2, 0.25) is 0 Å². The van der Waals surface area contributed by atoms with Gasteiger partial charge < -0.3 is 10.4 Å². The van der Waals surface area contributed by atoms with Crippen LogP contribution in [-0.2, 0) is 6.54 Å². The van der Waals surface area contributed by atoms with Crippen molar-refractivity contribution in [3.05, 3.63) is 35.4 Å². The summed E-state index contributed by atoms with van der Waals surface area (Å²) >= 11 is 0. The topological polar surface area (TPSA) is 56.0 Å². The number of rotatable bonds is 4. The lowest BCUT2D eigenvalue weighted by Crippen LogP contribution is -2.34. The van der Waals surface area contributed by atoms with E-state index < -0.39 is 5.60 Å². The summed E-state index contributed by atoms with van der Waals surface area (Å²) in [6.45, 7) is 4.78. The van der Waals surface area contributed by atoms with Crippen LogP contribution in [0, 0.1) is 11.3 Å². The fraction of sp³-hybridized carbons (Fsp3) is 0.417. The van der Waals surface area contributed by atoms with E-state index in [9.17, 15) is 5.11 Å². The molecule has 0 aliphatic rings. The Morgan fingerprint density at radius 2 is 1.93 bits per heavy atom. The maximum absolute atomic E-state index is 9.47. The molecule has 0 heterocycles. The Kier molecular flexibility index (Phi) is 3.84. The van der Waals surface area contributed by atoms with E-state index in [1.165, 1.54) is 0 Å². The average Bonchev–Trinajstić information content (AvgIpc) is 2.17. The Hall–Kier alpha value is -1.37. The number of nitriles is 1. The second-order valence-corrected chi connectivity index (χ2v) is 4.22. The highest BCUT2D eigenvalue weighted by Gasteiger charge is 2.10. The van der Waals surface area contributed by atoms with Crippen LogP contribution in [0.15, 0.2) is 24.3 Å². The zero-order valence-electron chi connectivity index (χ0n) is 9.12. The quantitative estimate of drug-likeness (QED) is 0.779. The molecule has 0 spiro atoms. The van der Waals surface area contributed by atoms with Crippen LogP contribution in [0.3, 0.4) is 0 Å². The maximum Gasteiger partial charge on any atom is 0.0991 e. The van der Waals surface area contributed by atoms with Crippen LogP contribution < -0.4 is 5.32 Å². The number of nitrogens with zero attached hydrogens (tertiary/aromatic N) is 1. The molecule has 15 heavy (non-hydrogen) atoms. The predicted octanol–water partition coefficient (Wildman–Crippen LogP) is 1.42. The van der Waals surface area contributed by atoms with E-state index in [0.29, 0.717) is 18.7 Å². The molecule has 0 unspecified atom stereocenters. The molecule has 2 N–H and O–H groups in total. The molecule has 0 atom stereocenters. The number of benzene rings is 1. The van der Waals surface area contributed by atoms with E-state index in [1.54, 1.807) is 26.0 Å². The minimum Gasteiger partial charge on any atom is -0.389 e. The molecule has 0 aliphatic heterocycles. The van der Waals surface area contributed by atoms with E-state index in [2.05, 4.69) is 11.4 Å². The van der Waals surface area contributed by atoms with Crippen molar-refractivity contribution in [3.63, 3.8) is 0 Å². The zero-order valence-corrected chi connectivity index (χ0v) is 9.12. The molecule has 3 heteroatoms. The molecule has 0 bridgehead atoms. The number of hydrogen-bond acceptors (Lipinski definition) is 3. The van der Waals surface area contributed by atoms with Gasteiger partial charge in [0, 0.05) is 13.1 Å². The molecule has 0 radical (unpaired) electrons. The largest absolute Gasteiger partial charge is 0.389 e. The minimum absolute atomic E-state index is 0.549. The van der Waals surface area contributed by atoms with Crippen LogP contribution in [0.25, 0.3) is 0 Å². The number of aliphatic hydroxyl groups is 1. The van der Waals surface area contributed by atoms with E-state index >= 15 is 0 Å². The highest BCUT2D eigenvalue weighted by molar-refractivity contribution is 5.31. The molecule has 0 aromatic heterocycles. The summed E-state index contributed by atoms with van der Waals surface area (Å²) in [5.41, 5.74) is 1.09. The molecule has 0 saturated carbocycles. The van der Waals surface area contributed by atoms with Gasteiger partial charge in [0.25, 0.3) is 0 Å². The average molecular weight is 204 g/mol. The number of hydrogen-bond donors (Lipinski definition) is 2. The van der Waals surface area contributed by atoms with E-state index in [1.807, 2.05) is 12.1 Å². The lowest BCUT2D eigenvalue weighted by molar-refractivity contribution is 0.0795. The fourth-order valence-corrected chi connectivity index (χ4v) is 1.21. The minimum atomic E-state index is -0.688. The first-order valence-electron chi connectivity index (χ1n) is 4.93. The third-order valence-electron chi connectivity index (χ3n) is 1.97. The molecule has 0 saturated heterocycles. The summed E-state index contributed by atoms with van der Waals surface area (Å²) in [5.74, 6) is 0. The normalized spacial score (nSPS) is 11.1. The molecule has 1 aromatic carbocycles. The summed E-state index contributed by atoms with van der Waals surface area (Å²) < 4.78 is 0. The van der Waals surface area contributed by atoms with Gasteiger partial charge in [-0.05, 0) is 31.5 Å². The molecular formula is C12H16N2O. The third kappa shape index (κ3) is 4.59. The SMILES string of the molecule is CC(C)(O)CNCc1ccc(C#N)cc1. The van der Waals surface area contributed by atoms with Crippen molar-refractivity contribution in [2.24, 2.45) is 0 Å². The van der Waals surface area contributed by atoms with Crippen molar-refractivity contribution in [1.29, 1.82) is 5.26 Å². The van der Waals surface area contributed by atoms with E-state index in [4.69, 9.17) is 5.26 Å². The van der Waals surface area contributed by atoms with Gasteiger partial charge in [-0.3, -0.25) is 0 Å². The fourth-order valence-electron chi connectivity index (χ4n) is 1.21. The highest BCUT2D eigenvalue weighted by Crippen LogP contribution is 2.04. The standard InChI is InChI=1S/C12H16N2O/c1-12(2,15)9-14-8-11-5-3-10(7-13)4-6-11/h3-6,14-15H,8-9H2,1-2H3. The van der Waals surface area contributed by atoms with Gasteiger partial charge in [-0.1, -0.05) is 12.1 Å². The molecule has 80 valence electrons. The first-order valence-corrected chi connectivity index (χ1v) is 4.93. The first kappa shape index (κ1) is 11.7. The summed E-state index contributed by atoms with van der Waals surface area (Å²) in [6, 6.07) is 9.48. The van der Waals surface area contributed by atoms with Gasteiger partial charge in [0.2, 0.25) is 0 Å². The van der Waals surface area contributed by atoms with Crippen LogP contribution in [0.1, 0.15) is 25.0 Å². The van der Waals surface area contributed by atoms with Crippen molar-refractivity contribution in [3.8, 4) is 6.07 Å². The Morgan fingerprint density at radius 1 is 1.33 bits per heavy atom. The van der Waals surface area contributed by atoms with Gasteiger partial charge in [0.15, 0.2) is 0 Å². The van der Waals surface area contributed by atoms with Gasteiger partial charge >= 0.3 is 0 Å². The summed E-state index contributed by atoms with van der Waals surface area (Å²) in [4.78, 5) is 0. The predicted molar refractivity (Wildman–Crippen MR) is 59.2 cm³/mol. The van der Waals surface area contributed by atoms with Crippen LogP contribution in [0.5, 0.6) is 0 Å². The van der Waals surface area contributed by atoms with Gasteiger partial charge in [-0.2, -0.15) is 5.26 Å². The monoisotopic (exact) mass is 204 g/mol. The molecule has 1 rings (SSSR count). The second kappa shape index (κ2) is 4.92. The van der Waals surface area contributed by atoms with Gasteiger partial charge in [-0.25, -0.2) is 0 Å². The van der Waals surface area contributed by atoms with E-state index in [0.717, 1.165) is 5.56 Å². The second-order valence-electron chi connectivity index (χ2n) is 4.22. The summed E-state index contributed by atoms with van der Waals surface area (Å²) in [6.07, 6.45) is 0. The summed E-state index contributed by atoms with van der Waals surface area (Å²) in [5, 5.41) is 21.2. The third-order valence-corrected chi connectivity index (χ3v) is 1.97. The van der Waals surface area contributed by atoms with Crippen LogP contribution in [-0.4, -0.2) is 17.3 Å². The number of nitrogens with one attached hydrogen (secondary N) is 1. The molecule has 3 nitrogen and oxygen atoms in total.